The van der Waals surface area contributed by atoms with E-state index in [1.54, 1.807) is 0 Å². The quantitative estimate of drug-likeness (QED) is 0.679. The molecule has 0 spiro atoms. The van der Waals surface area contributed by atoms with Crippen molar-refractivity contribution in [2.24, 2.45) is 0 Å². The van der Waals surface area contributed by atoms with Gasteiger partial charge in [-0.05, 0) is 32.7 Å². The van der Waals surface area contributed by atoms with Crippen molar-refractivity contribution in [2.75, 3.05) is 33.2 Å². The Hall–Kier alpha value is -0.120. The Bertz CT molecular complexity index is 211. The molecule has 0 aliphatic carbocycles. The van der Waals surface area contributed by atoms with Gasteiger partial charge in [0.05, 0.1) is 0 Å². The van der Waals surface area contributed by atoms with E-state index in [0.717, 1.165) is 18.1 Å². The molecular formula is C12H23N3. The largest absolute Gasteiger partial charge is 0.314 e. The SMILES string of the molecule is CN1[C@@H]2CC[C@@H]1CC(N1CCNCC1)C2. The van der Waals surface area contributed by atoms with Gasteiger partial charge in [0, 0.05) is 44.3 Å². The smallest absolute Gasteiger partial charge is 0.0126 e. The monoisotopic (exact) mass is 209 g/mol. The molecule has 15 heavy (non-hydrogen) atoms. The number of nitrogens with one attached hydrogen (secondary N) is 1. The zero-order valence-electron chi connectivity index (χ0n) is 9.78. The molecule has 3 aliphatic heterocycles. The average molecular weight is 209 g/mol. The lowest BCUT2D eigenvalue weighted by Crippen LogP contribution is -2.54. The molecule has 0 aromatic carbocycles. The van der Waals surface area contributed by atoms with Crippen molar-refractivity contribution >= 4 is 0 Å². The summed E-state index contributed by atoms with van der Waals surface area (Å²) in [5.41, 5.74) is 0. The molecule has 3 nitrogen and oxygen atoms in total. The van der Waals surface area contributed by atoms with E-state index in [1.165, 1.54) is 51.9 Å². The number of hydrogen-bond donors (Lipinski definition) is 1. The van der Waals surface area contributed by atoms with Crippen molar-refractivity contribution in [1.82, 2.24) is 15.1 Å². The highest BCUT2D eigenvalue weighted by Crippen LogP contribution is 2.36. The number of piperidine rings is 1. The van der Waals surface area contributed by atoms with Crippen molar-refractivity contribution < 1.29 is 0 Å². The van der Waals surface area contributed by atoms with E-state index in [-0.39, 0.29) is 0 Å². The van der Waals surface area contributed by atoms with Gasteiger partial charge in [-0.3, -0.25) is 4.90 Å². The van der Waals surface area contributed by atoms with Gasteiger partial charge in [0.15, 0.2) is 0 Å². The molecule has 3 saturated heterocycles. The zero-order chi connectivity index (χ0) is 10.3. The van der Waals surface area contributed by atoms with Gasteiger partial charge in [0.25, 0.3) is 0 Å². The van der Waals surface area contributed by atoms with Crippen LogP contribution in [0.3, 0.4) is 0 Å². The Kier molecular flexibility index (Phi) is 2.71. The Morgan fingerprint density at radius 2 is 1.53 bits per heavy atom. The van der Waals surface area contributed by atoms with Crippen LogP contribution in [0, 0.1) is 0 Å². The molecule has 86 valence electrons. The fourth-order valence-corrected chi connectivity index (χ4v) is 3.73. The van der Waals surface area contributed by atoms with Gasteiger partial charge in [-0.15, -0.1) is 0 Å². The molecule has 0 unspecified atom stereocenters. The molecule has 0 radical (unpaired) electrons. The van der Waals surface area contributed by atoms with E-state index < -0.39 is 0 Å². The van der Waals surface area contributed by atoms with Crippen LogP contribution in [-0.4, -0.2) is 61.2 Å². The van der Waals surface area contributed by atoms with E-state index in [1.807, 2.05) is 0 Å². The van der Waals surface area contributed by atoms with Gasteiger partial charge in [0.1, 0.15) is 0 Å². The highest BCUT2D eigenvalue weighted by atomic mass is 15.3. The minimum Gasteiger partial charge on any atom is -0.314 e. The molecule has 0 saturated carbocycles. The first kappa shape index (κ1) is 10.1. The molecule has 3 fully saturated rings. The third kappa shape index (κ3) is 1.81. The van der Waals surface area contributed by atoms with E-state index in [0.29, 0.717) is 0 Å². The minimum absolute atomic E-state index is 0.890. The first-order valence-corrected chi connectivity index (χ1v) is 6.51. The molecule has 3 rings (SSSR count). The Morgan fingerprint density at radius 1 is 0.933 bits per heavy atom. The lowest BCUT2D eigenvalue weighted by molar-refractivity contribution is 0.0680. The highest BCUT2D eigenvalue weighted by Gasteiger charge is 2.40. The summed E-state index contributed by atoms with van der Waals surface area (Å²) < 4.78 is 0. The summed E-state index contributed by atoms with van der Waals surface area (Å²) in [6.45, 7) is 4.94. The second kappa shape index (κ2) is 4.04. The fourth-order valence-electron chi connectivity index (χ4n) is 3.73. The number of rotatable bonds is 1. The van der Waals surface area contributed by atoms with Crippen molar-refractivity contribution in [2.45, 2.75) is 43.8 Å². The zero-order valence-corrected chi connectivity index (χ0v) is 9.78. The lowest BCUT2D eigenvalue weighted by Gasteiger charge is -2.43. The maximum atomic E-state index is 3.45. The van der Waals surface area contributed by atoms with E-state index >= 15 is 0 Å². The molecule has 2 bridgehead atoms. The van der Waals surface area contributed by atoms with Crippen LogP contribution in [0.25, 0.3) is 0 Å². The molecule has 0 aromatic heterocycles. The lowest BCUT2D eigenvalue weighted by atomic mass is 9.96. The number of nitrogens with zero attached hydrogens (tertiary/aromatic N) is 2. The first-order valence-electron chi connectivity index (χ1n) is 6.51. The summed E-state index contributed by atoms with van der Waals surface area (Å²) in [4.78, 5) is 5.37. The molecule has 3 heterocycles. The Balaban J connectivity index is 1.64. The minimum atomic E-state index is 0.890. The topological polar surface area (TPSA) is 18.5 Å². The average Bonchev–Trinajstić information content (AvgIpc) is 2.54. The molecule has 2 atom stereocenters. The molecule has 3 aliphatic rings. The van der Waals surface area contributed by atoms with E-state index in [4.69, 9.17) is 0 Å². The van der Waals surface area contributed by atoms with E-state index in [2.05, 4.69) is 22.2 Å². The first-order chi connectivity index (χ1) is 7.34. The summed E-state index contributed by atoms with van der Waals surface area (Å²) in [6.07, 6.45) is 5.74. The summed E-state index contributed by atoms with van der Waals surface area (Å²) in [5, 5.41) is 3.45. The van der Waals surface area contributed by atoms with Crippen LogP contribution < -0.4 is 5.32 Å². The van der Waals surface area contributed by atoms with Crippen LogP contribution in [0.5, 0.6) is 0 Å². The van der Waals surface area contributed by atoms with Gasteiger partial charge in [-0.25, -0.2) is 0 Å². The second-order valence-corrected chi connectivity index (χ2v) is 5.46. The number of piperazine rings is 1. The van der Waals surface area contributed by atoms with Crippen molar-refractivity contribution in [3.63, 3.8) is 0 Å². The van der Waals surface area contributed by atoms with Crippen molar-refractivity contribution in [3.05, 3.63) is 0 Å². The van der Waals surface area contributed by atoms with Crippen molar-refractivity contribution in [1.29, 1.82) is 0 Å². The third-order valence-electron chi connectivity index (χ3n) is 4.74. The number of fused-ring (bicyclic) bond motifs is 2. The maximum absolute atomic E-state index is 3.45. The predicted octanol–water partition coefficient (Wildman–Crippen LogP) is 0.517. The highest BCUT2D eigenvalue weighted by molar-refractivity contribution is 4.97. The van der Waals surface area contributed by atoms with Crippen LogP contribution in [0.15, 0.2) is 0 Å². The molecule has 3 heteroatoms. The Morgan fingerprint density at radius 3 is 2.13 bits per heavy atom. The Labute approximate surface area is 92.8 Å². The molecule has 0 amide bonds. The van der Waals surface area contributed by atoms with Crippen molar-refractivity contribution in [3.8, 4) is 0 Å². The van der Waals surface area contributed by atoms with Crippen LogP contribution in [0.1, 0.15) is 25.7 Å². The molecule has 0 aromatic rings. The van der Waals surface area contributed by atoms with E-state index in [9.17, 15) is 0 Å². The molecular weight excluding hydrogens is 186 g/mol. The van der Waals surface area contributed by atoms with Gasteiger partial charge in [-0.2, -0.15) is 0 Å². The predicted molar refractivity (Wildman–Crippen MR) is 62.0 cm³/mol. The van der Waals surface area contributed by atoms with Gasteiger partial charge in [-0.1, -0.05) is 0 Å². The molecule has 1 N–H and O–H groups in total. The van der Waals surface area contributed by atoms with Gasteiger partial charge in [0.2, 0.25) is 0 Å². The fraction of sp³-hybridized carbons (Fsp3) is 1.00. The summed E-state index contributed by atoms with van der Waals surface area (Å²) >= 11 is 0. The second-order valence-electron chi connectivity index (χ2n) is 5.46. The van der Waals surface area contributed by atoms with Crippen LogP contribution in [0.4, 0.5) is 0 Å². The summed E-state index contributed by atoms with van der Waals surface area (Å²) in [7, 11) is 2.33. The van der Waals surface area contributed by atoms with Gasteiger partial charge >= 0.3 is 0 Å². The number of hydrogen-bond acceptors (Lipinski definition) is 3. The summed E-state index contributed by atoms with van der Waals surface area (Å²) in [6, 6.07) is 2.67. The normalized spacial score (nSPS) is 43.4. The van der Waals surface area contributed by atoms with Gasteiger partial charge < -0.3 is 10.2 Å². The third-order valence-corrected chi connectivity index (χ3v) is 4.74. The van der Waals surface area contributed by atoms with Crippen LogP contribution in [0.2, 0.25) is 0 Å². The maximum Gasteiger partial charge on any atom is 0.0126 e. The standard InChI is InChI=1S/C12H23N3/c1-14-10-2-3-11(14)9-12(8-10)15-6-4-13-5-7-15/h10-13H,2-9H2,1H3/t10-,11-/m1/s1. The summed E-state index contributed by atoms with van der Waals surface area (Å²) in [5.74, 6) is 0. The van der Waals surface area contributed by atoms with Crippen LogP contribution in [-0.2, 0) is 0 Å². The van der Waals surface area contributed by atoms with Crippen LogP contribution >= 0.6 is 0 Å².